The van der Waals surface area contributed by atoms with Crippen molar-refractivity contribution in [3.05, 3.63) is 22.3 Å². The van der Waals surface area contributed by atoms with Crippen molar-refractivity contribution in [2.75, 3.05) is 13.6 Å². The summed E-state index contributed by atoms with van der Waals surface area (Å²) in [4.78, 5) is 15.4. The van der Waals surface area contributed by atoms with E-state index >= 15 is 0 Å². The van der Waals surface area contributed by atoms with Crippen LogP contribution in [0.1, 0.15) is 32.1 Å². The van der Waals surface area contributed by atoms with Crippen LogP contribution in [0.3, 0.4) is 0 Å². The van der Waals surface area contributed by atoms with Crippen molar-refractivity contribution in [2.45, 2.75) is 38.6 Å². The number of hydrogen-bond acceptors (Lipinski definition) is 4. The van der Waals surface area contributed by atoms with Gasteiger partial charge in [-0.2, -0.15) is 5.10 Å². The molecule has 1 amide bonds. The summed E-state index contributed by atoms with van der Waals surface area (Å²) in [7, 11) is 1.89. The first-order valence-corrected chi connectivity index (χ1v) is 9.37. The molecular weight excluding hydrogens is 328 g/mol. The number of nitrogens with one attached hydrogen (secondary N) is 1. The van der Waals surface area contributed by atoms with Crippen LogP contribution >= 0.6 is 23.6 Å². The van der Waals surface area contributed by atoms with Gasteiger partial charge in [0.15, 0.2) is 10.6 Å². The molecule has 5 nitrogen and oxygen atoms in total. The zero-order chi connectivity index (χ0) is 16.2. The minimum absolute atomic E-state index is 0.0888. The maximum absolute atomic E-state index is 12.6. The number of nitrogens with zero attached hydrogens (tertiary/aromatic N) is 3. The standard InChI is InChI=1S/C16H22N4OS2/c1-19(10-12-6-3-2-4-7-12)14(21)11-20-15(17-18-16(20)22)13-8-5-9-23-13/h5,8-9,12H,2-4,6-7,10-11H2,1H3,(H,18,22). The van der Waals surface area contributed by atoms with E-state index in [1.54, 1.807) is 15.9 Å². The van der Waals surface area contributed by atoms with Crippen molar-refractivity contribution < 1.29 is 4.79 Å². The number of aromatic amines is 1. The number of carbonyl (C=O) groups excluding carboxylic acids is 1. The van der Waals surface area contributed by atoms with Gasteiger partial charge in [0.05, 0.1) is 4.88 Å². The predicted molar refractivity (Wildman–Crippen MR) is 94.9 cm³/mol. The fraction of sp³-hybridized carbons (Fsp3) is 0.562. The van der Waals surface area contributed by atoms with Crippen molar-refractivity contribution in [2.24, 2.45) is 5.92 Å². The minimum atomic E-state index is 0.0888. The van der Waals surface area contributed by atoms with E-state index in [9.17, 15) is 4.79 Å². The normalized spacial score (nSPS) is 15.7. The summed E-state index contributed by atoms with van der Waals surface area (Å²) in [6, 6.07) is 3.96. The highest BCUT2D eigenvalue weighted by atomic mass is 32.1. The second-order valence-electron chi connectivity index (χ2n) is 6.19. The highest BCUT2D eigenvalue weighted by Crippen LogP contribution is 2.25. The third-order valence-electron chi connectivity index (χ3n) is 4.48. The Labute approximate surface area is 145 Å². The largest absolute Gasteiger partial charge is 0.344 e. The summed E-state index contributed by atoms with van der Waals surface area (Å²) in [5, 5.41) is 9.07. The SMILES string of the molecule is CN(CC1CCCCC1)C(=O)Cn1c(-c2cccs2)n[nH]c1=S. The van der Waals surface area contributed by atoms with Crippen LogP contribution in [-0.2, 0) is 11.3 Å². The Hall–Kier alpha value is -1.47. The van der Waals surface area contributed by atoms with E-state index in [2.05, 4.69) is 10.2 Å². The molecule has 0 spiro atoms. The predicted octanol–water partition coefficient (Wildman–Crippen LogP) is 3.71. The van der Waals surface area contributed by atoms with Crippen LogP contribution < -0.4 is 0 Å². The fourth-order valence-corrected chi connectivity index (χ4v) is 4.09. The monoisotopic (exact) mass is 350 g/mol. The van der Waals surface area contributed by atoms with Crippen LogP contribution in [0, 0.1) is 10.7 Å². The Kier molecular flexibility index (Phi) is 5.27. The van der Waals surface area contributed by atoms with Gasteiger partial charge in [-0.25, -0.2) is 0 Å². The van der Waals surface area contributed by atoms with Crippen LogP contribution in [0.4, 0.5) is 0 Å². The van der Waals surface area contributed by atoms with Crippen molar-refractivity contribution in [3.63, 3.8) is 0 Å². The molecule has 1 aliphatic carbocycles. The highest BCUT2D eigenvalue weighted by Gasteiger charge is 2.20. The molecule has 0 radical (unpaired) electrons. The van der Waals surface area contributed by atoms with Gasteiger partial charge in [0.25, 0.3) is 0 Å². The average Bonchev–Trinajstić information content (AvgIpc) is 3.19. The van der Waals surface area contributed by atoms with E-state index in [0.29, 0.717) is 10.7 Å². The van der Waals surface area contributed by atoms with Crippen molar-refractivity contribution >= 4 is 29.5 Å². The molecule has 2 heterocycles. The number of aromatic nitrogens is 3. The summed E-state index contributed by atoms with van der Waals surface area (Å²) in [5.74, 6) is 1.47. The van der Waals surface area contributed by atoms with E-state index in [1.165, 1.54) is 32.1 Å². The number of rotatable bonds is 5. The number of amides is 1. The van der Waals surface area contributed by atoms with Crippen LogP contribution in [0.15, 0.2) is 17.5 Å². The lowest BCUT2D eigenvalue weighted by atomic mass is 9.89. The molecule has 0 bridgehead atoms. The van der Waals surface area contributed by atoms with Crippen LogP contribution in [-0.4, -0.2) is 39.2 Å². The number of thiophene rings is 1. The first-order chi connectivity index (χ1) is 11.1. The van der Waals surface area contributed by atoms with Gasteiger partial charge < -0.3 is 4.90 Å². The lowest BCUT2D eigenvalue weighted by Gasteiger charge is -2.27. The Morgan fingerprint density at radius 3 is 2.96 bits per heavy atom. The molecule has 0 atom stereocenters. The summed E-state index contributed by atoms with van der Waals surface area (Å²) in [6.45, 7) is 1.09. The molecule has 2 aromatic heterocycles. The van der Waals surface area contributed by atoms with Gasteiger partial charge in [-0.15, -0.1) is 11.3 Å². The quantitative estimate of drug-likeness (QED) is 0.837. The first-order valence-electron chi connectivity index (χ1n) is 8.08. The molecule has 0 unspecified atom stereocenters. The van der Waals surface area contributed by atoms with Gasteiger partial charge >= 0.3 is 0 Å². The van der Waals surface area contributed by atoms with Crippen LogP contribution in [0.25, 0.3) is 10.7 Å². The highest BCUT2D eigenvalue weighted by molar-refractivity contribution is 7.71. The Balaban J connectivity index is 1.68. The lowest BCUT2D eigenvalue weighted by Crippen LogP contribution is -2.35. The van der Waals surface area contributed by atoms with E-state index in [4.69, 9.17) is 12.2 Å². The number of hydrogen-bond donors (Lipinski definition) is 1. The van der Waals surface area contributed by atoms with Gasteiger partial charge in [-0.05, 0) is 42.4 Å². The second kappa shape index (κ2) is 7.40. The van der Waals surface area contributed by atoms with Gasteiger partial charge in [0.1, 0.15) is 6.54 Å². The molecular formula is C16H22N4OS2. The van der Waals surface area contributed by atoms with Crippen LogP contribution in [0.2, 0.25) is 0 Å². The van der Waals surface area contributed by atoms with E-state index in [0.717, 1.165) is 17.2 Å². The molecule has 124 valence electrons. The van der Waals surface area contributed by atoms with Gasteiger partial charge in [-0.3, -0.25) is 14.5 Å². The molecule has 0 aromatic carbocycles. The Morgan fingerprint density at radius 1 is 1.48 bits per heavy atom. The van der Waals surface area contributed by atoms with E-state index in [1.807, 2.05) is 29.5 Å². The average molecular weight is 351 g/mol. The fourth-order valence-electron chi connectivity index (χ4n) is 3.17. The van der Waals surface area contributed by atoms with Gasteiger partial charge in [0, 0.05) is 13.6 Å². The molecule has 1 fully saturated rings. The molecule has 3 rings (SSSR count). The molecule has 2 aromatic rings. The maximum Gasteiger partial charge on any atom is 0.242 e. The van der Waals surface area contributed by atoms with Gasteiger partial charge in [0.2, 0.25) is 5.91 Å². The van der Waals surface area contributed by atoms with Crippen molar-refractivity contribution in [1.29, 1.82) is 0 Å². The first kappa shape index (κ1) is 16.4. The Morgan fingerprint density at radius 2 is 2.26 bits per heavy atom. The third kappa shape index (κ3) is 3.90. The molecule has 23 heavy (non-hydrogen) atoms. The molecule has 1 aliphatic rings. The third-order valence-corrected chi connectivity index (χ3v) is 5.65. The van der Waals surface area contributed by atoms with Gasteiger partial charge in [-0.1, -0.05) is 25.3 Å². The summed E-state index contributed by atoms with van der Waals surface area (Å²) in [5.41, 5.74) is 0. The molecule has 1 N–H and O–H groups in total. The molecule has 0 saturated heterocycles. The number of H-pyrrole nitrogens is 1. The second-order valence-corrected chi connectivity index (χ2v) is 7.53. The van der Waals surface area contributed by atoms with Crippen molar-refractivity contribution in [3.8, 4) is 10.7 Å². The van der Waals surface area contributed by atoms with Crippen molar-refractivity contribution in [1.82, 2.24) is 19.7 Å². The summed E-state index contributed by atoms with van der Waals surface area (Å²) < 4.78 is 2.29. The molecule has 1 saturated carbocycles. The summed E-state index contributed by atoms with van der Waals surface area (Å²) >= 11 is 6.88. The Bertz CT molecular complexity index is 698. The van der Waals surface area contributed by atoms with E-state index in [-0.39, 0.29) is 12.5 Å². The van der Waals surface area contributed by atoms with Crippen LogP contribution in [0.5, 0.6) is 0 Å². The molecule has 7 heteroatoms. The smallest absolute Gasteiger partial charge is 0.242 e. The summed E-state index contributed by atoms with van der Waals surface area (Å²) in [6.07, 6.45) is 6.40. The number of carbonyl (C=O) groups is 1. The zero-order valence-electron chi connectivity index (χ0n) is 13.3. The molecule has 0 aliphatic heterocycles. The topological polar surface area (TPSA) is 53.9 Å². The maximum atomic E-state index is 12.6. The zero-order valence-corrected chi connectivity index (χ0v) is 15.0. The van der Waals surface area contributed by atoms with E-state index < -0.39 is 0 Å². The minimum Gasteiger partial charge on any atom is -0.344 e. The lowest BCUT2D eigenvalue weighted by molar-refractivity contribution is -0.131. The number of likely N-dealkylation sites (N-methyl/N-ethyl adjacent to an activating group) is 1.